The van der Waals surface area contributed by atoms with E-state index >= 15 is 0 Å². The van der Waals surface area contributed by atoms with Gasteiger partial charge in [-0.3, -0.25) is 0 Å². The Labute approximate surface area is 113 Å². The van der Waals surface area contributed by atoms with Crippen molar-refractivity contribution in [2.24, 2.45) is 0 Å². The predicted octanol–water partition coefficient (Wildman–Crippen LogP) is 3.55. The highest BCUT2D eigenvalue weighted by Gasteiger charge is 2.62. The van der Waals surface area contributed by atoms with E-state index in [0.29, 0.717) is 0 Å². The molecule has 0 bridgehead atoms. The molecule has 18 heavy (non-hydrogen) atoms. The molecule has 1 aliphatic heterocycles. The number of epoxide rings is 1. The SMILES string of the molecule is CC1OC1[P+](Cl)(c1ccccc1)c1ccccc1. The monoisotopic (exact) mass is 277 g/mol. The zero-order valence-electron chi connectivity index (χ0n) is 10.2. The first kappa shape index (κ1) is 12.2. The van der Waals surface area contributed by atoms with Crippen LogP contribution in [0.4, 0.5) is 0 Å². The Morgan fingerprint density at radius 3 is 1.61 bits per heavy atom. The van der Waals surface area contributed by atoms with Crippen molar-refractivity contribution >= 4 is 28.5 Å². The summed E-state index contributed by atoms with van der Waals surface area (Å²) in [7, 11) is 0. The summed E-state index contributed by atoms with van der Waals surface area (Å²) in [6.07, 6.45) is 0.260. The van der Waals surface area contributed by atoms with Crippen LogP contribution in [-0.4, -0.2) is 11.9 Å². The van der Waals surface area contributed by atoms with Crippen molar-refractivity contribution < 1.29 is 4.74 Å². The molecule has 92 valence electrons. The zero-order chi connectivity index (χ0) is 12.6. The van der Waals surface area contributed by atoms with E-state index in [1.165, 1.54) is 10.6 Å². The minimum Gasteiger partial charge on any atom is -0.329 e. The topological polar surface area (TPSA) is 12.5 Å². The third kappa shape index (κ3) is 1.97. The van der Waals surface area contributed by atoms with Gasteiger partial charge in [0.25, 0.3) is 0 Å². The van der Waals surface area contributed by atoms with E-state index in [2.05, 4.69) is 31.2 Å². The summed E-state index contributed by atoms with van der Waals surface area (Å²) in [4.78, 5) is 0. The van der Waals surface area contributed by atoms with Gasteiger partial charge < -0.3 is 4.74 Å². The van der Waals surface area contributed by atoms with Crippen LogP contribution in [0, 0.1) is 0 Å². The molecule has 1 fully saturated rings. The number of ether oxygens (including phenoxy) is 1. The van der Waals surface area contributed by atoms with Gasteiger partial charge in [0, 0.05) is 0 Å². The molecule has 0 saturated carbocycles. The van der Waals surface area contributed by atoms with Crippen molar-refractivity contribution in [1.82, 2.24) is 0 Å². The lowest BCUT2D eigenvalue weighted by Crippen LogP contribution is -2.22. The lowest BCUT2D eigenvalue weighted by Gasteiger charge is -2.16. The Morgan fingerprint density at radius 2 is 1.28 bits per heavy atom. The van der Waals surface area contributed by atoms with E-state index in [9.17, 15) is 0 Å². The molecule has 1 aliphatic rings. The Morgan fingerprint density at radius 1 is 0.889 bits per heavy atom. The molecule has 0 amide bonds. The summed E-state index contributed by atoms with van der Waals surface area (Å²) in [6, 6.07) is 20.7. The van der Waals surface area contributed by atoms with Crippen LogP contribution in [0.3, 0.4) is 0 Å². The molecule has 1 nitrogen and oxygen atoms in total. The van der Waals surface area contributed by atoms with Crippen molar-refractivity contribution in [3.05, 3.63) is 60.7 Å². The third-order valence-electron chi connectivity index (χ3n) is 3.29. The Balaban J connectivity index is 2.11. The van der Waals surface area contributed by atoms with Gasteiger partial charge in [0.1, 0.15) is 28.0 Å². The first-order chi connectivity index (χ1) is 8.73. The molecule has 1 saturated heterocycles. The number of halogens is 1. The van der Waals surface area contributed by atoms with Gasteiger partial charge in [-0.2, -0.15) is 0 Å². The highest BCUT2D eigenvalue weighted by molar-refractivity contribution is 8.10. The molecule has 2 aromatic rings. The smallest absolute Gasteiger partial charge is 0.219 e. The van der Waals surface area contributed by atoms with Gasteiger partial charge in [0.15, 0.2) is 0 Å². The van der Waals surface area contributed by atoms with Crippen molar-refractivity contribution in [2.45, 2.75) is 18.9 Å². The molecule has 1 heterocycles. The molecule has 2 unspecified atom stereocenters. The van der Waals surface area contributed by atoms with Crippen LogP contribution < -0.4 is 10.6 Å². The third-order valence-corrected chi connectivity index (χ3v) is 8.38. The van der Waals surface area contributed by atoms with Crippen LogP contribution in [0.1, 0.15) is 6.92 Å². The van der Waals surface area contributed by atoms with Gasteiger partial charge in [-0.05, 0) is 31.2 Å². The molecular formula is C15H15ClOP+. The van der Waals surface area contributed by atoms with Crippen LogP contribution in [0.5, 0.6) is 0 Å². The fraction of sp³-hybridized carbons (Fsp3) is 0.200. The molecule has 0 radical (unpaired) electrons. The largest absolute Gasteiger partial charge is 0.329 e. The van der Waals surface area contributed by atoms with E-state index in [1.807, 2.05) is 36.4 Å². The number of rotatable bonds is 3. The van der Waals surface area contributed by atoms with E-state index in [4.69, 9.17) is 16.0 Å². The molecular weight excluding hydrogens is 263 g/mol. The minimum absolute atomic E-state index is 0.156. The van der Waals surface area contributed by atoms with Crippen LogP contribution in [0.2, 0.25) is 0 Å². The van der Waals surface area contributed by atoms with Crippen molar-refractivity contribution in [3.63, 3.8) is 0 Å². The van der Waals surface area contributed by atoms with Gasteiger partial charge in [-0.1, -0.05) is 36.4 Å². The molecule has 0 N–H and O–H groups in total. The molecule has 0 aliphatic carbocycles. The van der Waals surface area contributed by atoms with Crippen molar-refractivity contribution in [2.75, 3.05) is 0 Å². The van der Waals surface area contributed by atoms with Gasteiger partial charge in [0.05, 0.1) is 0 Å². The highest BCUT2D eigenvalue weighted by atomic mass is 35.7. The minimum atomic E-state index is -1.94. The Kier molecular flexibility index (Phi) is 3.15. The first-order valence-electron chi connectivity index (χ1n) is 6.08. The maximum atomic E-state index is 7.07. The van der Waals surface area contributed by atoms with Crippen LogP contribution in [0.25, 0.3) is 0 Å². The van der Waals surface area contributed by atoms with E-state index in [-0.39, 0.29) is 11.9 Å². The van der Waals surface area contributed by atoms with E-state index < -0.39 is 6.62 Å². The normalized spacial score (nSPS) is 22.8. The second-order valence-corrected chi connectivity index (χ2v) is 8.95. The van der Waals surface area contributed by atoms with Crippen LogP contribution in [-0.2, 0) is 4.74 Å². The fourth-order valence-electron chi connectivity index (χ4n) is 2.28. The molecule has 3 heteroatoms. The number of hydrogen-bond donors (Lipinski definition) is 0. The van der Waals surface area contributed by atoms with Gasteiger partial charge >= 0.3 is 0 Å². The Hall–Kier alpha value is -0.880. The maximum absolute atomic E-state index is 7.07. The van der Waals surface area contributed by atoms with Gasteiger partial charge in [0.2, 0.25) is 12.5 Å². The Bertz CT molecular complexity index is 489. The van der Waals surface area contributed by atoms with Gasteiger partial charge in [-0.25, -0.2) is 0 Å². The first-order valence-corrected chi connectivity index (χ1v) is 8.84. The molecule has 0 spiro atoms. The lowest BCUT2D eigenvalue weighted by molar-refractivity contribution is 0.412. The maximum Gasteiger partial charge on any atom is 0.219 e. The van der Waals surface area contributed by atoms with Crippen molar-refractivity contribution in [3.8, 4) is 0 Å². The standard InChI is InChI=1S/C15H15ClOP/c1-12-15(17-12)18(16,13-8-4-2-5-9-13)14-10-6-3-7-11-14/h2-12,15H,1H3/q+1. The van der Waals surface area contributed by atoms with Gasteiger partial charge in [-0.15, -0.1) is 0 Å². The number of hydrogen-bond acceptors (Lipinski definition) is 1. The zero-order valence-corrected chi connectivity index (χ0v) is 11.8. The summed E-state index contributed by atoms with van der Waals surface area (Å²) in [5, 5.41) is 2.40. The van der Waals surface area contributed by atoms with Crippen LogP contribution >= 0.6 is 17.9 Å². The summed E-state index contributed by atoms with van der Waals surface area (Å²) in [6.45, 7) is 0.150. The molecule has 0 aromatic heterocycles. The van der Waals surface area contributed by atoms with E-state index in [0.717, 1.165) is 0 Å². The second-order valence-electron chi connectivity index (χ2n) is 4.54. The summed E-state index contributed by atoms with van der Waals surface area (Å²) in [5.41, 5.74) is 0. The average molecular weight is 278 g/mol. The summed E-state index contributed by atoms with van der Waals surface area (Å²) in [5.74, 6) is 0.156. The summed E-state index contributed by atoms with van der Waals surface area (Å²) < 4.78 is 5.71. The van der Waals surface area contributed by atoms with E-state index in [1.54, 1.807) is 0 Å². The lowest BCUT2D eigenvalue weighted by atomic mass is 10.4. The van der Waals surface area contributed by atoms with Crippen molar-refractivity contribution in [1.29, 1.82) is 0 Å². The van der Waals surface area contributed by atoms with Crippen LogP contribution in [0.15, 0.2) is 60.7 Å². The predicted molar refractivity (Wildman–Crippen MR) is 79.3 cm³/mol. The number of benzene rings is 2. The average Bonchev–Trinajstić information content (AvgIpc) is 3.17. The molecule has 2 atom stereocenters. The summed E-state index contributed by atoms with van der Waals surface area (Å²) >= 11 is 7.07. The molecule has 3 rings (SSSR count). The molecule has 2 aromatic carbocycles. The highest BCUT2D eigenvalue weighted by Crippen LogP contribution is 2.71. The fourth-order valence-corrected chi connectivity index (χ4v) is 6.61. The quantitative estimate of drug-likeness (QED) is 0.617. The second kappa shape index (κ2) is 4.66.